The van der Waals surface area contributed by atoms with Crippen molar-refractivity contribution >= 4 is 11.3 Å². The van der Waals surface area contributed by atoms with Gasteiger partial charge in [0, 0.05) is 17.0 Å². The third-order valence-corrected chi connectivity index (χ3v) is 4.57. The van der Waals surface area contributed by atoms with Crippen molar-refractivity contribution in [3.05, 3.63) is 22.4 Å². The van der Waals surface area contributed by atoms with E-state index in [-0.39, 0.29) is 0 Å². The predicted molar refractivity (Wildman–Crippen MR) is 82.4 cm³/mol. The second-order valence-electron chi connectivity index (χ2n) is 4.97. The monoisotopic (exact) mass is 268 g/mol. The lowest BCUT2D eigenvalue weighted by Gasteiger charge is -2.22. The molecule has 0 aliphatic heterocycles. The van der Waals surface area contributed by atoms with Gasteiger partial charge in [-0.2, -0.15) is 0 Å². The summed E-state index contributed by atoms with van der Waals surface area (Å²) in [6.45, 7) is 12.6. The van der Waals surface area contributed by atoms with E-state index in [1.807, 2.05) is 11.3 Å². The van der Waals surface area contributed by atoms with E-state index in [0.29, 0.717) is 12.1 Å². The van der Waals surface area contributed by atoms with Gasteiger partial charge in [0.05, 0.1) is 0 Å². The average Bonchev–Trinajstić information content (AvgIpc) is 2.88. The molecule has 2 unspecified atom stereocenters. The van der Waals surface area contributed by atoms with E-state index in [1.165, 1.54) is 37.4 Å². The lowest BCUT2D eigenvalue weighted by molar-refractivity contribution is 0.288. The number of nitrogens with zero attached hydrogens (tertiary/aromatic N) is 1. The highest BCUT2D eigenvalue weighted by Crippen LogP contribution is 2.19. The fraction of sp³-hybridized carbons (Fsp3) is 0.733. The molecule has 0 saturated heterocycles. The molecule has 2 nitrogen and oxygen atoms in total. The molecule has 0 aromatic carbocycles. The molecule has 3 heteroatoms. The zero-order chi connectivity index (χ0) is 13.4. The second-order valence-corrected chi connectivity index (χ2v) is 5.95. The van der Waals surface area contributed by atoms with Crippen molar-refractivity contribution in [1.29, 1.82) is 0 Å². The second kappa shape index (κ2) is 8.68. The Morgan fingerprint density at radius 3 is 2.56 bits per heavy atom. The van der Waals surface area contributed by atoms with Crippen molar-refractivity contribution in [2.75, 3.05) is 19.6 Å². The van der Waals surface area contributed by atoms with Crippen molar-refractivity contribution in [1.82, 2.24) is 10.2 Å². The average molecular weight is 268 g/mol. The highest BCUT2D eigenvalue weighted by Gasteiger charge is 2.10. The number of rotatable bonds is 9. The highest BCUT2D eigenvalue weighted by molar-refractivity contribution is 7.10. The van der Waals surface area contributed by atoms with Gasteiger partial charge in [-0.15, -0.1) is 11.3 Å². The van der Waals surface area contributed by atoms with E-state index in [0.717, 1.165) is 0 Å². The summed E-state index contributed by atoms with van der Waals surface area (Å²) in [6, 6.07) is 5.42. The zero-order valence-electron chi connectivity index (χ0n) is 12.3. The van der Waals surface area contributed by atoms with Gasteiger partial charge in [0.1, 0.15) is 0 Å². The van der Waals surface area contributed by atoms with Gasteiger partial charge in [0.25, 0.3) is 0 Å². The van der Waals surface area contributed by atoms with E-state index in [2.05, 4.69) is 55.4 Å². The lowest BCUT2D eigenvalue weighted by atomic mass is 10.1. The quantitative estimate of drug-likeness (QED) is 0.730. The maximum atomic E-state index is 3.68. The molecule has 0 amide bonds. The minimum atomic E-state index is 0.480. The van der Waals surface area contributed by atoms with Crippen LogP contribution in [-0.4, -0.2) is 30.6 Å². The third-order valence-electron chi connectivity index (χ3n) is 3.51. The standard InChI is InChI=1S/C15H28N2S/c1-5-17(6-2)11-7-9-13(3)16-14(4)15-10-8-12-18-15/h8,10,12-14,16H,5-7,9,11H2,1-4H3. The summed E-state index contributed by atoms with van der Waals surface area (Å²) in [7, 11) is 0. The van der Waals surface area contributed by atoms with Crippen molar-refractivity contribution in [2.24, 2.45) is 0 Å². The third kappa shape index (κ3) is 5.51. The van der Waals surface area contributed by atoms with E-state index in [1.54, 1.807) is 0 Å². The molecular weight excluding hydrogens is 240 g/mol. The number of nitrogens with one attached hydrogen (secondary N) is 1. The van der Waals surface area contributed by atoms with Crippen LogP contribution < -0.4 is 5.32 Å². The Hall–Kier alpha value is -0.380. The molecule has 1 aromatic rings. The minimum absolute atomic E-state index is 0.480. The maximum absolute atomic E-state index is 3.68. The first kappa shape index (κ1) is 15.7. The SMILES string of the molecule is CCN(CC)CCCC(C)NC(C)c1cccs1. The predicted octanol–water partition coefficient (Wildman–Crippen LogP) is 3.91. The van der Waals surface area contributed by atoms with Crippen LogP contribution in [0.25, 0.3) is 0 Å². The van der Waals surface area contributed by atoms with Crippen molar-refractivity contribution < 1.29 is 0 Å². The van der Waals surface area contributed by atoms with Crippen LogP contribution in [0.5, 0.6) is 0 Å². The molecule has 0 saturated carbocycles. The van der Waals surface area contributed by atoms with Gasteiger partial charge in [0.2, 0.25) is 0 Å². The largest absolute Gasteiger partial charge is 0.307 e. The van der Waals surface area contributed by atoms with Crippen LogP contribution in [0.15, 0.2) is 17.5 Å². The molecule has 0 spiro atoms. The van der Waals surface area contributed by atoms with Gasteiger partial charge in [-0.05, 0) is 57.8 Å². The highest BCUT2D eigenvalue weighted by atomic mass is 32.1. The fourth-order valence-electron chi connectivity index (χ4n) is 2.29. The molecule has 18 heavy (non-hydrogen) atoms. The first-order valence-electron chi connectivity index (χ1n) is 7.19. The molecule has 1 aromatic heterocycles. The number of hydrogen-bond donors (Lipinski definition) is 1. The van der Waals surface area contributed by atoms with Crippen LogP contribution in [-0.2, 0) is 0 Å². The smallest absolute Gasteiger partial charge is 0.0388 e. The van der Waals surface area contributed by atoms with Crippen molar-refractivity contribution in [3.63, 3.8) is 0 Å². The topological polar surface area (TPSA) is 15.3 Å². The van der Waals surface area contributed by atoms with Gasteiger partial charge in [0.15, 0.2) is 0 Å². The van der Waals surface area contributed by atoms with Crippen LogP contribution >= 0.6 is 11.3 Å². The molecule has 0 aliphatic rings. The molecule has 1 N–H and O–H groups in total. The Balaban J connectivity index is 2.19. The molecule has 0 bridgehead atoms. The van der Waals surface area contributed by atoms with Gasteiger partial charge in [-0.1, -0.05) is 19.9 Å². The molecule has 0 fully saturated rings. The minimum Gasteiger partial charge on any atom is -0.307 e. The summed E-state index contributed by atoms with van der Waals surface area (Å²) in [4.78, 5) is 3.93. The number of hydrogen-bond acceptors (Lipinski definition) is 3. The summed E-state index contributed by atoms with van der Waals surface area (Å²) in [5.74, 6) is 0. The molecule has 1 rings (SSSR count). The van der Waals surface area contributed by atoms with Crippen molar-refractivity contribution in [3.8, 4) is 0 Å². The van der Waals surface area contributed by atoms with Crippen LogP contribution in [0, 0.1) is 0 Å². The summed E-state index contributed by atoms with van der Waals surface area (Å²) in [6.07, 6.45) is 2.54. The van der Waals surface area contributed by atoms with Crippen molar-refractivity contribution in [2.45, 2.75) is 52.6 Å². The Bertz CT molecular complexity index is 293. The van der Waals surface area contributed by atoms with Crippen LogP contribution in [0.1, 0.15) is 51.5 Å². The molecule has 0 radical (unpaired) electrons. The summed E-state index contributed by atoms with van der Waals surface area (Å²) < 4.78 is 0. The van der Waals surface area contributed by atoms with Gasteiger partial charge in [-0.3, -0.25) is 0 Å². The first-order valence-corrected chi connectivity index (χ1v) is 8.07. The Labute approximate surface area is 116 Å². The van der Waals surface area contributed by atoms with Crippen LogP contribution in [0.2, 0.25) is 0 Å². The first-order chi connectivity index (χ1) is 8.67. The Kier molecular flexibility index (Phi) is 7.56. The normalized spacial score (nSPS) is 14.9. The number of thiophene rings is 1. The molecular formula is C15H28N2S. The molecule has 0 aliphatic carbocycles. The van der Waals surface area contributed by atoms with Gasteiger partial charge >= 0.3 is 0 Å². The van der Waals surface area contributed by atoms with Gasteiger partial charge < -0.3 is 10.2 Å². The Morgan fingerprint density at radius 1 is 1.28 bits per heavy atom. The zero-order valence-corrected chi connectivity index (χ0v) is 13.1. The van der Waals surface area contributed by atoms with E-state index < -0.39 is 0 Å². The lowest BCUT2D eigenvalue weighted by Crippen LogP contribution is -2.30. The van der Waals surface area contributed by atoms with E-state index in [4.69, 9.17) is 0 Å². The van der Waals surface area contributed by atoms with E-state index >= 15 is 0 Å². The summed E-state index contributed by atoms with van der Waals surface area (Å²) >= 11 is 1.84. The van der Waals surface area contributed by atoms with Crippen LogP contribution in [0.4, 0.5) is 0 Å². The molecule has 104 valence electrons. The Morgan fingerprint density at radius 2 is 2.00 bits per heavy atom. The fourth-order valence-corrected chi connectivity index (χ4v) is 3.03. The summed E-state index contributed by atoms with van der Waals surface area (Å²) in [5, 5.41) is 5.84. The van der Waals surface area contributed by atoms with Crippen LogP contribution in [0.3, 0.4) is 0 Å². The van der Waals surface area contributed by atoms with E-state index in [9.17, 15) is 0 Å². The summed E-state index contributed by atoms with van der Waals surface area (Å²) in [5.41, 5.74) is 0. The maximum Gasteiger partial charge on any atom is 0.0388 e. The molecule has 1 heterocycles. The van der Waals surface area contributed by atoms with Gasteiger partial charge in [-0.25, -0.2) is 0 Å². The molecule has 2 atom stereocenters.